The molecular weight excluding hydrogens is 456 g/mol. The number of hydrogen-bond donors (Lipinski definition) is 1. The third kappa shape index (κ3) is 6.11. The number of aryl methyl sites for hydroxylation is 2. The second-order valence-corrected chi connectivity index (χ2v) is 12.7. The molecule has 0 saturated carbocycles. The average molecular weight is 489 g/mol. The quantitative estimate of drug-likeness (QED) is 0.644. The minimum atomic E-state index is -3.04. The fourth-order valence-corrected chi connectivity index (χ4v) is 7.53. The zero-order valence-electron chi connectivity index (χ0n) is 19.4. The first-order chi connectivity index (χ1) is 15.7. The van der Waals surface area contributed by atoms with Crippen LogP contribution in [0.1, 0.15) is 29.5 Å². The smallest absolute Gasteiger partial charge is 0.237 e. The average Bonchev–Trinajstić information content (AvgIpc) is 3.33. The molecule has 2 aliphatic rings. The Balaban J connectivity index is 1.49. The van der Waals surface area contributed by atoms with Crippen molar-refractivity contribution in [2.45, 2.75) is 55.5 Å². The van der Waals surface area contributed by atoms with Crippen molar-refractivity contribution < 1.29 is 17.9 Å². The SMILES string of the molecule is COc1ccc(S[C@@H]2C[C@@H](C(=O)NC3CCS(=O)(=O)C3)N(Cc3cc(C)ccc3C)C2)cc1. The van der Waals surface area contributed by atoms with Gasteiger partial charge in [0.1, 0.15) is 5.75 Å². The molecule has 1 N–H and O–H groups in total. The zero-order valence-corrected chi connectivity index (χ0v) is 21.0. The van der Waals surface area contributed by atoms with Crippen LogP contribution >= 0.6 is 11.8 Å². The van der Waals surface area contributed by atoms with Crippen molar-refractivity contribution in [1.82, 2.24) is 10.2 Å². The van der Waals surface area contributed by atoms with Crippen LogP contribution in [0.5, 0.6) is 5.75 Å². The lowest BCUT2D eigenvalue weighted by molar-refractivity contribution is -0.126. The number of methoxy groups -OCH3 is 1. The molecule has 4 rings (SSSR count). The summed E-state index contributed by atoms with van der Waals surface area (Å²) in [6.07, 6.45) is 1.23. The molecule has 2 heterocycles. The number of nitrogens with one attached hydrogen (secondary N) is 1. The molecule has 0 aromatic heterocycles. The lowest BCUT2D eigenvalue weighted by atomic mass is 10.0. The highest BCUT2D eigenvalue weighted by molar-refractivity contribution is 8.00. The van der Waals surface area contributed by atoms with Gasteiger partial charge in [0.25, 0.3) is 0 Å². The number of rotatable bonds is 7. The number of likely N-dealkylation sites (tertiary alicyclic amines) is 1. The fraction of sp³-hybridized carbons (Fsp3) is 0.480. The highest BCUT2D eigenvalue weighted by atomic mass is 32.2. The van der Waals surface area contributed by atoms with Gasteiger partial charge in [0.15, 0.2) is 9.84 Å². The Hall–Kier alpha value is -2.03. The monoisotopic (exact) mass is 488 g/mol. The summed E-state index contributed by atoms with van der Waals surface area (Å²) in [5, 5.41) is 3.30. The summed E-state index contributed by atoms with van der Waals surface area (Å²) < 4.78 is 28.9. The summed E-state index contributed by atoms with van der Waals surface area (Å²) in [7, 11) is -1.38. The van der Waals surface area contributed by atoms with Crippen LogP contribution in [0.4, 0.5) is 0 Å². The second kappa shape index (κ2) is 10.1. The summed E-state index contributed by atoms with van der Waals surface area (Å²) in [5.41, 5.74) is 3.65. The zero-order chi connectivity index (χ0) is 23.6. The van der Waals surface area contributed by atoms with Crippen molar-refractivity contribution in [2.24, 2.45) is 0 Å². The third-order valence-corrected chi connectivity index (χ3v) is 9.47. The highest BCUT2D eigenvalue weighted by Crippen LogP contribution is 2.35. The molecular formula is C25H32N2O4S2. The summed E-state index contributed by atoms with van der Waals surface area (Å²) in [5.74, 6) is 0.975. The van der Waals surface area contributed by atoms with E-state index < -0.39 is 9.84 Å². The number of carbonyl (C=O) groups excluding carboxylic acids is 1. The number of nitrogens with zero attached hydrogens (tertiary/aromatic N) is 1. The maximum atomic E-state index is 13.3. The van der Waals surface area contributed by atoms with E-state index in [-0.39, 0.29) is 34.7 Å². The Morgan fingerprint density at radius 1 is 1.18 bits per heavy atom. The molecule has 0 spiro atoms. The van der Waals surface area contributed by atoms with Crippen LogP contribution in [0.3, 0.4) is 0 Å². The van der Waals surface area contributed by atoms with E-state index >= 15 is 0 Å². The predicted molar refractivity (Wildman–Crippen MR) is 133 cm³/mol. The van der Waals surface area contributed by atoms with Gasteiger partial charge in [-0.05, 0) is 62.1 Å². The largest absolute Gasteiger partial charge is 0.497 e. The fourth-order valence-electron chi connectivity index (χ4n) is 4.64. The first kappa shape index (κ1) is 24.1. The van der Waals surface area contributed by atoms with Crippen LogP contribution in [-0.4, -0.2) is 61.7 Å². The maximum absolute atomic E-state index is 13.3. The van der Waals surface area contributed by atoms with E-state index in [1.165, 1.54) is 16.7 Å². The number of thioether (sulfide) groups is 1. The molecule has 8 heteroatoms. The summed E-state index contributed by atoms with van der Waals surface area (Å²) >= 11 is 1.78. The molecule has 0 bridgehead atoms. The molecule has 2 aromatic rings. The Morgan fingerprint density at radius 3 is 2.61 bits per heavy atom. The number of carbonyl (C=O) groups is 1. The number of benzene rings is 2. The summed E-state index contributed by atoms with van der Waals surface area (Å²) in [6.45, 7) is 5.69. The molecule has 3 atom stereocenters. The molecule has 2 aliphatic heterocycles. The van der Waals surface area contributed by atoms with Crippen LogP contribution < -0.4 is 10.1 Å². The summed E-state index contributed by atoms with van der Waals surface area (Å²) in [4.78, 5) is 16.7. The number of ether oxygens (including phenoxy) is 1. The maximum Gasteiger partial charge on any atom is 0.237 e. The lowest BCUT2D eigenvalue weighted by Gasteiger charge is -2.25. The van der Waals surface area contributed by atoms with E-state index in [9.17, 15) is 13.2 Å². The van der Waals surface area contributed by atoms with Gasteiger partial charge in [-0.2, -0.15) is 0 Å². The Kier molecular flexibility index (Phi) is 7.36. The number of hydrogen-bond acceptors (Lipinski definition) is 6. The van der Waals surface area contributed by atoms with Gasteiger partial charge in [-0.1, -0.05) is 23.8 Å². The minimum absolute atomic E-state index is 0.0481. The Bertz CT molecular complexity index is 1100. The highest BCUT2D eigenvalue weighted by Gasteiger charge is 2.39. The molecule has 33 heavy (non-hydrogen) atoms. The van der Waals surface area contributed by atoms with E-state index in [1.807, 2.05) is 12.1 Å². The molecule has 178 valence electrons. The van der Waals surface area contributed by atoms with Crippen LogP contribution in [0.2, 0.25) is 0 Å². The number of sulfone groups is 1. The van der Waals surface area contributed by atoms with Gasteiger partial charge < -0.3 is 10.1 Å². The van der Waals surface area contributed by atoms with E-state index in [1.54, 1.807) is 18.9 Å². The molecule has 2 fully saturated rings. The van der Waals surface area contributed by atoms with E-state index in [0.717, 1.165) is 23.6 Å². The van der Waals surface area contributed by atoms with Crippen LogP contribution in [0.15, 0.2) is 47.4 Å². The number of amides is 1. The lowest BCUT2D eigenvalue weighted by Crippen LogP contribution is -2.47. The van der Waals surface area contributed by atoms with E-state index in [2.05, 4.69) is 54.4 Å². The molecule has 1 unspecified atom stereocenters. The van der Waals surface area contributed by atoms with Gasteiger partial charge in [-0.15, -0.1) is 11.8 Å². The van der Waals surface area contributed by atoms with Crippen molar-refractivity contribution in [3.8, 4) is 5.75 Å². The molecule has 2 saturated heterocycles. The van der Waals surface area contributed by atoms with Gasteiger partial charge in [0, 0.05) is 29.3 Å². The van der Waals surface area contributed by atoms with E-state index in [4.69, 9.17) is 4.74 Å². The summed E-state index contributed by atoms with van der Waals surface area (Å²) in [6, 6.07) is 13.9. The van der Waals surface area contributed by atoms with E-state index in [0.29, 0.717) is 13.0 Å². The standard InChI is InChI=1S/C25H32N2O4S2/c1-17-4-5-18(2)19(12-17)14-27-15-23(32-22-8-6-21(31-3)7-9-22)13-24(27)25(28)26-20-10-11-33(29,30)16-20/h4-9,12,20,23-24H,10-11,13-16H2,1-3H3,(H,26,28)/t20?,23-,24+/m1/s1. The predicted octanol–water partition coefficient (Wildman–Crippen LogP) is 3.35. The minimum Gasteiger partial charge on any atom is -0.497 e. The molecule has 0 aliphatic carbocycles. The normalized spacial score (nSPS) is 24.6. The van der Waals surface area contributed by atoms with Gasteiger partial charge in [-0.25, -0.2) is 8.42 Å². The first-order valence-corrected chi connectivity index (χ1v) is 14.0. The topological polar surface area (TPSA) is 75.7 Å². The van der Waals surface area contributed by atoms with Crippen molar-refractivity contribution >= 4 is 27.5 Å². The first-order valence-electron chi connectivity index (χ1n) is 11.3. The van der Waals surface area contributed by atoms with Crippen LogP contribution in [-0.2, 0) is 21.2 Å². The van der Waals surface area contributed by atoms with Gasteiger partial charge in [-0.3, -0.25) is 9.69 Å². The van der Waals surface area contributed by atoms with Gasteiger partial charge in [0.2, 0.25) is 5.91 Å². The van der Waals surface area contributed by atoms with Crippen LogP contribution in [0, 0.1) is 13.8 Å². The molecule has 1 amide bonds. The molecule has 0 radical (unpaired) electrons. The van der Waals surface area contributed by atoms with Gasteiger partial charge in [0.05, 0.1) is 24.7 Å². The Labute approximate surface area is 201 Å². The van der Waals surface area contributed by atoms with Gasteiger partial charge >= 0.3 is 0 Å². The Morgan fingerprint density at radius 2 is 1.94 bits per heavy atom. The van der Waals surface area contributed by atoms with Crippen molar-refractivity contribution in [3.63, 3.8) is 0 Å². The second-order valence-electron chi connectivity index (χ2n) is 9.13. The molecule has 6 nitrogen and oxygen atoms in total. The molecule has 2 aromatic carbocycles. The van der Waals surface area contributed by atoms with Crippen molar-refractivity contribution in [1.29, 1.82) is 0 Å². The van der Waals surface area contributed by atoms with Crippen LogP contribution in [0.25, 0.3) is 0 Å². The third-order valence-electron chi connectivity index (χ3n) is 6.49. The van der Waals surface area contributed by atoms with Crippen molar-refractivity contribution in [2.75, 3.05) is 25.2 Å². The van der Waals surface area contributed by atoms with Crippen molar-refractivity contribution in [3.05, 3.63) is 59.2 Å².